The van der Waals surface area contributed by atoms with Gasteiger partial charge in [0.2, 0.25) is 0 Å². The molecule has 1 aliphatic carbocycles. The third kappa shape index (κ3) is 1.98. The lowest BCUT2D eigenvalue weighted by molar-refractivity contribution is 0.383. The van der Waals surface area contributed by atoms with Crippen LogP contribution >= 0.6 is 0 Å². The van der Waals surface area contributed by atoms with Gasteiger partial charge in [-0.2, -0.15) is 0 Å². The van der Waals surface area contributed by atoms with Crippen LogP contribution in [0.25, 0.3) is 11.3 Å². The molecule has 4 nitrogen and oxygen atoms in total. The van der Waals surface area contributed by atoms with Crippen LogP contribution in [0.5, 0.6) is 5.75 Å². The van der Waals surface area contributed by atoms with Gasteiger partial charge in [0, 0.05) is 11.6 Å². The summed E-state index contributed by atoms with van der Waals surface area (Å²) in [7, 11) is 1.29. The molecule has 0 amide bonds. The average molecular weight is 265 g/mol. The smallest absolute Gasteiger partial charge is 0.165 e. The molecule has 1 heterocycles. The molecule has 100 valence electrons. The third-order valence-electron chi connectivity index (χ3n) is 3.37. The zero-order chi connectivity index (χ0) is 13.6. The van der Waals surface area contributed by atoms with Crippen molar-refractivity contribution in [2.75, 3.05) is 7.11 Å². The van der Waals surface area contributed by atoms with Crippen molar-refractivity contribution in [3.63, 3.8) is 0 Å². The van der Waals surface area contributed by atoms with Crippen LogP contribution in [0.4, 0.5) is 8.78 Å². The lowest BCUT2D eigenvalue weighted by Crippen LogP contribution is -2.20. The largest absolute Gasteiger partial charge is 0.494 e. The number of hydrogen-bond acceptors (Lipinski definition) is 3. The molecule has 1 fully saturated rings. The number of benzene rings is 1. The van der Waals surface area contributed by atoms with Crippen molar-refractivity contribution in [3.8, 4) is 17.0 Å². The number of hydrogen-bond donors (Lipinski definition) is 2. The highest BCUT2D eigenvalue weighted by molar-refractivity contribution is 5.61. The Morgan fingerprint density at radius 2 is 2.05 bits per heavy atom. The minimum atomic E-state index is -0.621. The molecule has 0 spiro atoms. The number of nitrogens with two attached hydrogens (primary N) is 1. The van der Waals surface area contributed by atoms with E-state index in [2.05, 4.69) is 9.97 Å². The van der Waals surface area contributed by atoms with Gasteiger partial charge in [-0.1, -0.05) is 0 Å². The number of aromatic amines is 1. The molecule has 6 heteroatoms. The second-order valence-corrected chi connectivity index (χ2v) is 4.77. The summed E-state index contributed by atoms with van der Waals surface area (Å²) in [6.45, 7) is 0. The van der Waals surface area contributed by atoms with Crippen molar-refractivity contribution in [3.05, 3.63) is 35.8 Å². The maximum Gasteiger partial charge on any atom is 0.165 e. The van der Waals surface area contributed by atoms with Crippen LogP contribution in [0.2, 0.25) is 0 Å². The first-order chi connectivity index (χ1) is 9.03. The fourth-order valence-corrected chi connectivity index (χ4v) is 1.97. The predicted octanol–water partition coefficient (Wildman–Crippen LogP) is 2.31. The van der Waals surface area contributed by atoms with Gasteiger partial charge in [0.05, 0.1) is 24.5 Å². The maximum absolute atomic E-state index is 13.9. The van der Waals surface area contributed by atoms with Crippen LogP contribution < -0.4 is 10.5 Å². The van der Waals surface area contributed by atoms with Gasteiger partial charge >= 0.3 is 0 Å². The van der Waals surface area contributed by atoms with Gasteiger partial charge < -0.3 is 15.5 Å². The first-order valence-corrected chi connectivity index (χ1v) is 5.91. The standard InChI is InChI=1S/C13H13F2N3O/c1-19-11-5-8(14)7(4-9(11)15)10-6-17-12(18-10)13(16)2-3-13/h4-6H,2-3,16H2,1H3,(H,17,18). The van der Waals surface area contributed by atoms with Gasteiger partial charge in [-0.05, 0) is 18.9 Å². The van der Waals surface area contributed by atoms with Crippen LogP contribution in [0.15, 0.2) is 18.3 Å². The van der Waals surface area contributed by atoms with Crippen LogP contribution in [-0.4, -0.2) is 17.1 Å². The van der Waals surface area contributed by atoms with Crippen LogP contribution in [-0.2, 0) is 5.54 Å². The van der Waals surface area contributed by atoms with Gasteiger partial charge in [0.15, 0.2) is 11.6 Å². The van der Waals surface area contributed by atoms with E-state index in [9.17, 15) is 8.78 Å². The van der Waals surface area contributed by atoms with Crippen molar-refractivity contribution in [2.24, 2.45) is 5.73 Å². The summed E-state index contributed by atoms with van der Waals surface area (Å²) in [5.41, 5.74) is 6.08. The van der Waals surface area contributed by atoms with E-state index in [0.29, 0.717) is 11.5 Å². The molecular weight excluding hydrogens is 252 g/mol. The molecule has 0 bridgehead atoms. The highest BCUT2D eigenvalue weighted by Gasteiger charge is 2.42. The molecule has 1 aliphatic rings. The molecule has 3 rings (SSSR count). The topological polar surface area (TPSA) is 63.9 Å². The van der Waals surface area contributed by atoms with E-state index in [1.807, 2.05) is 0 Å². The molecule has 19 heavy (non-hydrogen) atoms. The lowest BCUT2D eigenvalue weighted by atomic mass is 10.1. The van der Waals surface area contributed by atoms with E-state index >= 15 is 0 Å². The summed E-state index contributed by atoms with van der Waals surface area (Å²) in [6.07, 6.45) is 3.16. The Kier molecular flexibility index (Phi) is 2.56. The summed E-state index contributed by atoms with van der Waals surface area (Å²) in [5, 5.41) is 0. The zero-order valence-electron chi connectivity index (χ0n) is 10.3. The third-order valence-corrected chi connectivity index (χ3v) is 3.37. The fourth-order valence-electron chi connectivity index (χ4n) is 1.97. The minimum Gasteiger partial charge on any atom is -0.494 e. The van der Waals surface area contributed by atoms with Crippen molar-refractivity contribution < 1.29 is 13.5 Å². The highest BCUT2D eigenvalue weighted by atomic mass is 19.1. The second-order valence-electron chi connectivity index (χ2n) is 4.77. The van der Waals surface area contributed by atoms with Gasteiger partial charge in [-0.3, -0.25) is 0 Å². The van der Waals surface area contributed by atoms with Gasteiger partial charge in [0.1, 0.15) is 11.6 Å². The number of nitrogens with zero attached hydrogens (tertiary/aromatic N) is 1. The Bertz CT molecular complexity index is 635. The molecule has 0 aliphatic heterocycles. The molecule has 0 saturated heterocycles. The second kappa shape index (κ2) is 4.03. The maximum atomic E-state index is 13.9. The first kappa shape index (κ1) is 12.1. The molecule has 0 unspecified atom stereocenters. The van der Waals surface area contributed by atoms with Crippen molar-refractivity contribution >= 4 is 0 Å². The van der Waals surface area contributed by atoms with E-state index < -0.39 is 17.2 Å². The summed E-state index contributed by atoms with van der Waals surface area (Å²) < 4.78 is 32.2. The highest BCUT2D eigenvalue weighted by Crippen LogP contribution is 2.41. The normalized spacial score (nSPS) is 16.4. The number of aromatic nitrogens is 2. The summed E-state index contributed by atoms with van der Waals surface area (Å²) >= 11 is 0. The van der Waals surface area contributed by atoms with Crippen LogP contribution in [0.1, 0.15) is 18.7 Å². The Hall–Kier alpha value is -1.95. The monoisotopic (exact) mass is 265 g/mol. The summed E-state index contributed by atoms with van der Waals surface area (Å²) in [4.78, 5) is 7.09. The predicted molar refractivity (Wildman–Crippen MR) is 65.6 cm³/mol. The Labute approximate surface area is 108 Å². The summed E-state index contributed by atoms with van der Waals surface area (Å²) in [5.74, 6) is -0.712. The average Bonchev–Trinajstić information content (AvgIpc) is 2.94. The molecule has 1 saturated carbocycles. The van der Waals surface area contributed by atoms with Crippen molar-refractivity contribution in [2.45, 2.75) is 18.4 Å². The number of halogens is 2. The zero-order valence-corrected chi connectivity index (χ0v) is 10.3. The molecule has 1 aromatic heterocycles. The number of ether oxygens (including phenoxy) is 1. The number of H-pyrrole nitrogens is 1. The van der Waals surface area contributed by atoms with E-state index in [0.717, 1.165) is 25.0 Å². The number of rotatable bonds is 3. The van der Waals surface area contributed by atoms with Crippen molar-refractivity contribution in [1.82, 2.24) is 9.97 Å². The van der Waals surface area contributed by atoms with Gasteiger partial charge in [0.25, 0.3) is 0 Å². The van der Waals surface area contributed by atoms with E-state index in [1.165, 1.54) is 13.3 Å². The van der Waals surface area contributed by atoms with Gasteiger partial charge in [-0.15, -0.1) is 0 Å². The molecule has 0 radical (unpaired) electrons. The van der Waals surface area contributed by atoms with Crippen LogP contribution in [0, 0.1) is 11.6 Å². The number of methoxy groups -OCH3 is 1. The number of nitrogens with one attached hydrogen (secondary N) is 1. The molecule has 3 N–H and O–H groups in total. The lowest BCUT2D eigenvalue weighted by Gasteiger charge is -2.06. The van der Waals surface area contributed by atoms with E-state index in [-0.39, 0.29) is 11.3 Å². The SMILES string of the molecule is COc1cc(F)c(-c2cnc(C3(N)CC3)[nH]2)cc1F. The fraction of sp³-hybridized carbons (Fsp3) is 0.308. The first-order valence-electron chi connectivity index (χ1n) is 5.91. The molecular formula is C13H13F2N3O. The quantitative estimate of drug-likeness (QED) is 0.895. The van der Waals surface area contributed by atoms with Crippen molar-refractivity contribution in [1.29, 1.82) is 0 Å². The number of imidazole rings is 1. The Morgan fingerprint density at radius 3 is 2.68 bits per heavy atom. The summed E-state index contributed by atoms with van der Waals surface area (Å²) in [6, 6.07) is 2.10. The van der Waals surface area contributed by atoms with E-state index in [4.69, 9.17) is 10.5 Å². The van der Waals surface area contributed by atoms with Crippen LogP contribution in [0.3, 0.4) is 0 Å². The molecule has 1 aromatic carbocycles. The van der Waals surface area contributed by atoms with E-state index in [1.54, 1.807) is 0 Å². The molecule has 0 atom stereocenters. The Balaban J connectivity index is 2.02. The Morgan fingerprint density at radius 1 is 1.32 bits per heavy atom. The minimum absolute atomic E-state index is 0.112. The van der Waals surface area contributed by atoms with Gasteiger partial charge in [-0.25, -0.2) is 13.8 Å². The molecule has 2 aromatic rings.